The maximum atomic E-state index is 12.9. The molecular formula is C18H23N5O3S. The van der Waals surface area contributed by atoms with Crippen molar-refractivity contribution in [3.63, 3.8) is 0 Å². The van der Waals surface area contributed by atoms with Gasteiger partial charge in [-0.3, -0.25) is 9.89 Å². The van der Waals surface area contributed by atoms with E-state index < -0.39 is 9.84 Å². The van der Waals surface area contributed by atoms with E-state index in [2.05, 4.69) is 20.6 Å². The van der Waals surface area contributed by atoms with Gasteiger partial charge in [-0.05, 0) is 44.9 Å². The summed E-state index contributed by atoms with van der Waals surface area (Å²) in [6.45, 7) is 0. The number of nitrogens with zero attached hydrogens (tertiary/aromatic N) is 3. The van der Waals surface area contributed by atoms with Crippen molar-refractivity contribution in [1.82, 2.24) is 20.0 Å². The molecule has 0 radical (unpaired) electrons. The fourth-order valence-corrected chi connectivity index (χ4v) is 5.87. The van der Waals surface area contributed by atoms with Crippen LogP contribution in [0.15, 0.2) is 6.07 Å². The molecule has 1 unspecified atom stereocenters. The van der Waals surface area contributed by atoms with Crippen molar-refractivity contribution in [1.29, 1.82) is 0 Å². The molecule has 0 bridgehead atoms. The summed E-state index contributed by atoms with van der Waals surface area (Å²) in [5.41, 5.74) is 3.46. The zero-order valence-corrected chi connectivity index (χ0v) is 15.9. The molecule has 8 nitrogen and oxygen atoms in total. The Morgan fingerprint density at radius 1 is 1.22 bits per heavy atom. The number of aryl methyl sites for hydroxylation is 1. The quantitative estimate of drug-likeness (QED) is 0.831. The molecule has 2 N–H and O–H groups in total. The second kappa shape index (κ2) is 6.19. The number of aromatic amines is 1. The number of sulfone groups is 1. The summed E-state index contributed by atoms with van der Waals surface area (Å²) in [7, 11) is -3.03. The lowest BCUT2D eigenvalue weighted by molar-refractivity contribution is 0.102. The minimum Gasteiger partial charge on any atom is -0.305 e. The van der Waals surface area contributed by atoms with Crippen molar-refractivity contribution in [2.24, 2.45) is 0 Å². The lowest BCUT2D eigenvalue weighted by atomic mass is 9.96. The van der Waals surface area contributed by atoms with E-state index in [1.54, 1.807) is 4.68 Å². The van der Waals surface area contributed by atoms with Crippen LogP contribution in [0.3, 0.4) is 0 Å². The van der Waals surface area contributed by atoms with Crippen LogP contribution in [0.25, 0.3) is 0 Å². The molecule has 1 saturated carbocycles. The number of carbonyl (C=O) groups excluding carboxylic acids is 1. The van der Waals surface area contributed by atoms with Crippen LogP contribution in [0, 0.1) is 0 Å². The van der Waals surface area contributed by atoms with E-state index in [9.17, 15) is 13.2 Å². The molecule has 2 aliphatic carbocycles. The smallest absolute Gasteiger partial charge is 0.277 e. The highest BCUT2D eigenvalue weighted by atomic mass is 32.2. The molecule has 1 amide bonds. The summed E-state index contributed by atoms with van der Waals surface area (Å²) >= 11 is 0. The van der Waals surface area contributed by atoms with Crippen molar-refractivity contribution < 1.29 is 13.2 Å². The van der Waals surface area contributed by atoms with Crippen molar-refractivity contribution in [2.75, 3.05) is 16.8 Å². The Morgan fingerprint density at radius 3 is 2.78 bits per heavy atom. The van der Waals surface area contributed by atoms with E-state index in [1.165, 1.54) is 0 Å². The number of anilines is 1. The fraction of sp³-hybridized carbons (Fsp3) is 0.611. The second-order valence-corrected chi connectivity index (χ2v) is 10.1. The number of rotatable bonds is 4. The fourth-order valence-electron chi connectivity index (χ4n) is 4.18. The first-order valence-electron chi connectivity index (χ1n) is 9.67. The number of hydrogen-bond acceptors (Lipinski definition) is 5. The normalized spacial score (nSPS) is 23.9. The molecule has 9 heteroatoms. The third-order valence-corrected chi connectivity index (χ3v) is 7.57. The minimum atomic E-state index is -3.03. The average molecular weight is 389 g/mol. The molecule has 27 heavy (non-hydrogen) atoms. The predicted molar refractivity (Wildman–Crippen MR) is 99.7 cm³/mol. The van der Waals surface area contributed by atoms with E-state index in [0.29, 0.717) is 23.9 Å². The molecule has 0 aromatic carbocycles. The van der Waals surface area contributed by atoms with Crippen LogP contribution in [0.5, 0.6) is 0 Å². The molecule has 144 valence electrons. The molecular weight excluding hydrogens is 366 g/mol. The van der Waals surface area contributed by atoms with Crippen LogP contribution in [-0.4, -0.2) is 45.8 Å². The van der Waals surface area contributed by atoms with Crippen LogP contribution < -0.4 is 5.32 Å². The predicted octanol–water partition coefficient (Wildman–Crippen LogP) is 1.97. The van der Waals surface area contributed by atoms with E-state index in [0.717, 1.165) is 55.5 Å². The Labute approximate surface area is 157 Å². The van der Waals surface area contributed by atoms with Gasteiger partial charge in [0.15, 0.2) is 15.5 Å². The molecule has 1 aliphatic heterocycles. The van der Waals surface area contributed by atoms with Gasteiger partial charge in [0.2, 0.25) is 0 Å². The van der Waals surface area contributed by atoms with Crippen LogP contribution in [-0.2, 0) is 22.7 Å². The largest absolute Gasteiger partial charge is 0.305 e. The third kappa shape index (κ3) is 3.18. The van der Waals surface area contributed by atoms with Crippen molar-refractivity contribution >= 4 is 21.6 Å². The van der Waals surface area contributed by atoms with Gasteiger partial charge in [-0.2, -0.15) is 10.2 Å². The lowest BCUT2D eigenvalue weighted by Gasteiger charge is -2.14. The molecule has 3 heterocycles. The van der Waals surface area contributed by atoms with Gasteiger partial charge in [0.1, 0.15) is 5.82 Å². The van der Waals surface area contributed by atoms with E-state index >= 15 is 0 Å². The Kier molecular flexibility index (Phi) is 3.89. The Morgan fingerprint density at radius 2 is 2.04 bits per heavy atom. The van der Waals surface area contributed by atoms with Gasteiger partial charge in [-0.25, -0.2) is 13.1 Å². The highest BCUT2D eigenvalue weighted by molar-refractivity contribution is 7.91. The lowest BCUT2D eigenvalue weighted by Crippen LogP contribution is -2.21. The Bertz CT molecular complexity index is 1000. The average Bonchev–Trinajstić information content (AvgIpc) is 3.10. The number of aromatic nitrogens is 4. The van der Waals surface area contributed by atoms with E-state index in [4.69, 9.17) is 0 Å². The maximum absolute atomic E-state index is 12.9. The van der Waals surface area contributed by atoms with Crippen molar-refractivity contribution in [2.45, 2.75) is 56.9 Å². The molecule has 1 atom stereocenters. The number of H-pyrrole nitrogens is 1. The molecule has 0 spiro atoms. The zero-order valence-electron chi connectivity index (χ0n) is 15.1. The van der Waals surface area contributed by atoms with Crippen molar-refractivity contribution in [3.8, 4) is 0 Å². The van der Waals surface area contributed by atoms with Crippen molar-refractivity contribution in [3.05, 3.63) is 28.7 Å². The summed E-state index contributed by atoms with van der Waals surface area (Å²) in [6, 6.07) is 1.69. The highest BCUT2D eigenvalue weighted by Gasteiger charge is 2.34. The third-order valence-electron chi connectivity index (χ3n) is 5.82. The molecule has 1 saturated heterocycles. The molecule has 5 rings (SSSR count). The first kappa shape index (κ1) is 17.0. The number of amides is 1. The Balaban J connectivity index is 1.44. The summed E-state index contributed by atoms with van der Waals surface area (Å²) < 4.78 is 25.5. The Hall–Kier alpha value is -2.16. The number of fused-ring (bicyclic) bond motifs is 1. The zero-order chi connectivity index (χ0) is 18.6. The first-order chi connectivity index (χ1) is 13.0. The van der Waals surface area contributed by atoms with Gasteiger partial charge >= 0.3 is 0 Å². The number of carbonyl (C=O) groups is 1. The molecule has 2 fully saturated rings. The summed E-state index contributed by atoms with van der Waals surface area (Å²) in [5.74, 6) is 1.02. The van der Waals surface area contributed by atoms with Gasteiger partial charge < -0.3 is 5.32 Å². The van der Waals surface area contributed by atoms with Gasteiger partial charge in [0.25, 0.3) is 5.91 Å². The van der Waals surface area contributed by atoms with Crippen LogP contribution in [0.4, 0.5) is 5.82 Å². The van der Waals surface area contributed by atoms with E-state index in [-0.39, 0.29) is 23.5 Å². The standard InChI is InChI=1S/C18H23N5O3S/c24-18(17-13-3-1-2-4-14(13)20-21-17)19-16-9-15(11-5-6-11)22-23(16)12-7-8-27(25,26)10-12/h9,11-12H,1-8,10H2,(H,19,24)(H,20,21). The topological polar surface area (TPSA) is 110 Å². The number of nitrogens with one attached hydrogen (secondary N) is 2. The number of hydrogen-bond donors (Lipinski definition) is 2. The first-order valence-corrected chi connectivity index (χ1v) is 11.5. The van der Waals surface area contributed by atoms with Gasteiger partial charge in [0.05, 0.1) is 23.2 Å². The second-order valence-electron chi connectivity index (χ2n) is 7.92. The van der Waals surface area contributed by atoms with Gasteiger partial charge in [-0.1, -0.05) is 0 Å². The molecule has 3 aliphatic rings. The van der Waals surface area contributed by atoms with E-state index in [1.807, 2.05) is 6.07 Å². The summed E-state index contributed by atoms with van der Waals surface area (Å²) in [4.78, 5) is 12.9. The van der Waals surface area contributed by atoms with Gasteiger partial charge in [-0.15, -0.1) is 0 Å². The van der Waals surface area contributed by atoms with Crippen LogP contribution in [0.1, 0.15) is 71.5 Å². The molecule has 2 aromatic rings. The van der Waals surface area contributed by atoms with Gasteiger partial charge in [0, 0.05) is 23.2 Å². The minimum absolute atomic E-state index is 0.0828. The SMILES string of the molecule is O=C(Nc1cc(C2CC2)nn1C1CCS(=O)(=O)C1)c1n[nH]c2c1CCCC2. The highest BCUT2D eigenvalue weighted by Crippen LogP contribution is 2.41. The summed E-state index contributed by atoms with van der Waals surface area (Å²) in [6.07, 6.45) is 6.71. The monoisotopic (exact) mass is 389 g/mol. The van der Waals surface area contributed by atoms with Crippen LogP contribution in [0.2, 0.25) is 0 Å². The molecule has 2 aromatic heterocycles. The maximum Gasteiger partial charge on any atom is 0.277 e. The summed E-state index contributed by atoms with van der Waals surface area (Å²) in [5, 5.41) is 14.8. The van der Waals surface area contributed by atoms with Crippen LogP contribution >= 0.6 is 0 Å².